The maximum absolute atomic E-state index is 14.8. The molecule has 3 nitrogen and oxygen atoms in total. The molecule has 10 atom stereocenters. The molecule has 0 aromatic carbocycles. The van der Waals surface area contributed by atoms with Crippen LogP contribution in [-0.2, 0) is 11.2 Å². The molecular formula is C28H39Cl2F5N2OS. The maximum atomic E-state index is 14.8. The van der Waals surface area contributed by atoms with Crippen LogP contribution in [0.2, 0.25) is 0 Å². The molecule has 1 heterocycles. The van der Waals surface area contributed by atoms with E-state index in [9.17, 15) is 22.0 Å². The monoisotopic (exact) mass is 616 g/mol. The standard InChI is InChI=1S/C28H39Cl2F5N2OS/c1-38-25-12-15(8-10-21(25)30)17-4-2-7-24-26(17)37(16-9-11-23(32)19(13-16)28(33,34)35)27(36-24)39-14-18-20(29)5-3-6-22(18)31/h15-23,25H,2-14H2,1H3. The van der Waals surface area contributed by atoms with Gasteiger partial charge in [0.15, 0.2) is 5.16 Å². The Morgan fingerprint density at radius 1 is 0.949 bits per heavy atom. The zero-order valence-electron chi connectivity index (χ0n) is 22.3. The number of fused-ring (bicyclic) bond motifs is 1. The Morgan fingerprint density at radius 2 is 1.74 bits per heavy atom. The van der Waals surface area contributed by atoms with E-state index in [0.717, 1.165) is 62.8 Å². The first-order valence-corrected chi connectivity index (χ1v) is 16.3. The van der Waals surface area contributed by atoms with E-state index in [0.29, 0.717) is 23.8 Å². The fraction of sp³-hybridized carbons (Fsp3) is 0.893. The summed E-state index contributed by atoms with van der Waals surface area (Å²) in [4.78, 5) is 4.99. The first kappa shape index (κ1) is 30.2. The van der Waals surface area contributed by atoms with Crippen LogP contribution in [0.15, 0.2) is 5.16 Å². The summed E-state index contributed by atoms with van der Waals surface area (Å²) in [7, 11) is 1.67. The molecule has 1 aromatic heterocycles. The Balaban J connectivity index is 1.49. The molecule has 0 amide bonds. The molecule has 0 radical (unpaired) electrons. The summed E-state index contributed by atoms with van der Waals surface area (Å²) < 4.78 is 78.6. The van der Waals surface area contributed by atoms with Gasteiger partial charge in [-0.15, -0.1) is 23.2 Å². The van der Waals surface area contributed by atoms with Crippen LogP contribution in [-0.4, -0.2) is 57.8 Å². The van der Waals surface area contributed by atoms with Gasteiger partial charge in [-0.2, -0.15) is 13.2 Å². The fourth-order valence-corrected chi connectivity index (χ4v) is 9.73. The molecular weight excluding hydrogens is 578 g/mol. The minimum atomic E-state index is -4.59. The molecule has 222 valence electrons. The van der Waals surface area contributed by atoms with E-state index in [-0.39, 0.29) is 47.5 Å². The van der Waals surface area contributed by atoms with Gasteiger partial charge in [-0.1, -0.05) is 11.8 Å². The second kappa shape index (κ2) is 12.5. The van der Waals surface area contributed by atoms with Crippen molar-refractivity contribution >= 4 is 35.0 Å². The third-order valence-electron chi connectivity index (χ3n) is 9.71. The lowest BCUT2D eigenvalue weighted by atomic mass is 9.72. The normalized spacial score (nSPS) is 39.9. The van der Waals surface area contributed by atoms with E-state index in [2.05, 4.69) is 0 Å². The van der Waals surface area contributed by atoms with Gasteiger partial charge < -0.3 is 9.30 Å². The minimum absolute atomic E-state index is 0.0506. The van der Waals surface area contributed by atoms with Gasteiger partial charge >= 0.3 is 6.18 Å². The van der Waals surface area contributed by atoms with Gasteiger partial charge in [0.05, 0.1) is 23.1 Å². The molecule has 0 aliphatic heterocycles. The number of aromatic nitrogens is 2. The summed E-state index contributed by atoms with van der Waals surface area (Å²) in [6.45, 7) is 0. The highest BCUT2D eigenvalue weighted by Gasteiger charge is 2.50. The van der Waals surface area contributed by atoms with Crippen molar-refractivity contribution in [3.8, 4) is 0 Å². The molecule has 0 bridgehead atoms. The van der Waals surface area contributed by atoms with Gasteiger partial charge in [-0.3, -0.25) is 0 Å². The summed E-state index contributed by atoms with van der Waals surface area (Å²) in [5, 5.41) is 0.330. The largest absolute Gasteiger partial charge is 0.394 e. The van der Waals surface area contributed by atoms with E-state index in [1.807, 2.05) is 4.57 Å². The SMILES string of the molecule is COC1CC(C2CCCc3nc(SCC4C(F)CCCC4Cl)n(C4CCC(F)C(C(F)(F)F)C4)c32)CCC1Cl. The minimum Gasteiger partial charge on any atom is -0.380 e. The molecule has 0 N–H and O–H groups in total. The number of hydrogen-bond donors (Lipinski definition) is 0. The van der Waals surface area contributed by atoms with Crippen molar-refractivity contribution in [2.75, 3.05) is 12.9 Å². The van der Waals surface area contributed by atoms with E-state index in [4.69, 9.17) is 32.9 Å². The number of hydrogen-bond acceptors (Lipinski definition) is 3. The van der Waals surface area contributed by atoms with Crippen LogP contribution in [0.25, 0.3) is 0 Å². The number of methoxy groups -OCH3 is 1. The molecule has 3 fully saturated rings. The van der Waals surface area contributed by atoms with Gasteiger partial charge in [-0.05, 0) is 83.0 Å². The number of halogens is 7. The summed E-state index contributed by atoms with van der Waals surface area (Å²) in [6.07, 6.45) is -0.422. The Kier molecular flexibility index (Phi) is 9.72. The summed E-state index contributed by atoms with van der Waals surface area (Å²) in [5.41, 5.74) is 1.95. The van der Waals surface area contributed by atoms with Crippen molar-refractivity contribution in [2.24, 2.45) is 17.8 Å². The quantitative estimate of drug-likeness (QED) is 0.181. The molecule has 3 saturated carbocycles. The van der Waals surface area contributed by atoms with Gasteiger partial charge in [0, 0.05) is 41.8 Å². The van der Waals surface area contributed by atoms with Gasteiger partial charge in [-0.25, -0.2) is 13.8 Å². The average Bonchev–Trinajstić information content (AvgIpc) is 3.27. The molecule has 11 heteroatoms. The van der Waals surface area contributed by atoms with Gasteiger partial charge in [0.25, 0.3) is 0 Å². The van der Waals surface area contributed by atoms with Crippen LogP contribution in [0, 0.1) is 17.8 Å². The zero-order chi connectivity index (χ0) is 27.9. The smallest absolute Gasteiger partial charge is 0.380 e. The number of rotatable bonds is 6. The van der Waals surface area contributed by atoms with Crippen molar-refractivity contribution in [1.82, 2.24) is 9.55 Å². The molecule has 5 rings (SSSR count). The van der Waals surface area contributed by atoms with E-state index < -0.39 is 30.5 Å². The van der Waals surface area contributed by atoms with Crippen molar-refractivity contribution in [2.45, 2.75) is 130 Å². The second-order valence-corrected chi connectivity index (χ2v) is 14.1. The Labute approximate surface area is 242 Å². The summed E-state index contributed by atoms with van der Waals surface area (Å²) in [5.74, 6) is -1.46. The number of nitrogens with zero attached hydrogens (tertiary/aromatic N) is 2. The first-order valence-electron chi connectivity index (χ1n) is 14.5. The third kappa shape index (κ3) is 6.41. The Morgan fingerprint density at radius 3 is 2.46 bits per heavy atom. The van der Waals surface area contributed by atoms with Crippen LogP contribution in [0.1, 0.15) is 94.0 Å². The number of aryl methyl sites for hydroxylation is 1. The molecule has 0 saturated heterocycles. The van der Waals surface area contributed by atoms with Crippen LogP contribution in [0.4, 0.5) is 22.0 Å². The number of ether oxygens (including phenoxy) is 1. The highest BCUT2D eigenvalue weighted by Crippen LogP contribution is 2.50. The number of alkyl halides is 7. The van der Waals surface area contributed by atoms with Crippen molar-refractivity contribution < 1.29 is 26.7 Å². The molecule has 1 aromatic rings. The highest BCUT2D eigenvalue weighted by atomic mass is 35.5. The number of imidazole rings is 1. The van der Waals surface area contributed by atoms with Crippen LogP contribution in [0.5, 0.6) is 0 Å². The lowest BCUT2D eigenvalue weighted by Crippen LogP contribution is -2.39. The molecule has 39 heavy (non-hydrogen) atoms. The number of thioether (sulfide) groups is 1. The summed E-state index contributed by atoms with van der Waals surface area (Å²) >= 11 is 14.5. The maximum Gasteiger partial charge on any atom is 0.394 e. The van der Waals surface area contributed by atoms with Gasteiger partial charge in [0.1, 0.15) is 12.3 Å². The van der Waals surface area contributed by atoms with Gasteiger partial charge in [0.2, 0.25) is 0 Å². The van der Waals surface area contributed by atoms with Crippen molar-refractivity contribution in [3.05, 3.63) is 11.4 Å². The Hall–Kier alpha value is -0.250. The van der Waals surface area contributed by atoms with Crippen LogP contribution >= 0.6 is 35.0 Å². The molecule has 4 aliphatic rings. The Bertz CT molecular complexity index is 970. The lowest BCUT2D eigenvalue weighted by molar-refractivity contribution is -0.201. The first-order chi connectivity index (χ1) is 18.6. The van der Waals surface area contributed by atoms with E-state index >= 15 is 0 Å². The third-order valence-corrected chi connectivity index (χ3v) is 11.9. The fourth-order valence-electron chi connectivity index (χ4n) is 7.54. The molecule has 4 aliphatic carbocycles. The van der Waals surface area contributed by atoms with Crippen LogP contribution in [0.3, 0.4) is 0 Å². The van der Waals surface area contributed by atoms with E-state index in [1.165, 1.54) is 11.8 Å². The lowest BCUT2D eigenvalue weighted by Gasteiger charge is -2.40. The predicted molar refractivity (Wildman–Crippen MR) is 146 cm³/mol. The topological polar surface area (TPSA) is 27.1 Å². The average molecular weight is 618 g/mol. The molecule has 0 spiro atoms. The van der Waals surface area contributed by atoms with Crippen molar-refractivity contribution in [1.29, 1.82) is 0 Å². The molecule has 10 unspecified atom stereocenters. The van der Waals surface area contributed by atoms with Crippen molar-refractivity contribution in [3.63, 3.8) is 0 Å². The van der Waals surface area contributed by atoms with E-state index in [1.54, 1.807) is 7.11 Å². The summed E-state index contributed by atoms with van der Waals surface area (Å²) in [6, 6.07) is -0.495. The van der Waals surface area contributed by atoms with Crippen LogP contribution < -0.4 is 0 Å². The second-order valence-electron chi connectivity index (χ2n) is 12.0. The predicted octanol–water partition coefficient (Wildman–Crippen LogP) is 8.80. The zero-order valence-corrected chi connectivity index (χ0v) is 24.7. The highest BCUT2D eigenvalue weighted by molar-refractivity contribution is 7.99.